The number of carbonyl (C=O) groups excluding carboxylic acids is 1. The summed E-state index contributed by atoms with van der Waals surface area (Å²) in [6.45, 7) is -0.265. The first-order valence-corrected chi connectivity index (χ1v) is 5.48. The average molecular weight is 243 g/mol. The second-order valence-electron chi connectivity index (χ2n) is 4.25. The number of aliphatic hydroxyl groups is 2. The summed E-state index contributed by atoms with van der Waals surface area (Å²) in [5.74, 6) is 0. The van der Waals surface area contributed by atoms with Gasteiger partial charge in [0.05, 0.1) is 12.7 Å². The molecule has 4 atom stereocenters. The van der Waals surface area contributed by atoms with E-state index < -0.39 is 24.6 Å². The van der Waals surface area contributed by atoms with Crippen LogP contribution in [0.4, 0.5) is 4.79 Å². The predicted molar refractivity (Wildman–Crippen MR) is 58.5 cm³/mol. The Balaban J connectivity index is 2.09. The third kappa shape index (κ3) is 2.14. The van der Waals surface area contributed by atoms with Crippen molar-refractivity contribution in [1.29, 1.82) is 0 Å². The van der Waals surface area contributed by atoms with Crippen LogP contribution in [0.1, 0.15) is 6.42 Å². The Hall–Kier alpha value is -1.15. The SMILES string of the molecule is CN1C(=O)N(C2CC(O)C(CO)O2)C=CC1N. The van der Waals surface area contributed by atoms with Crippen LogP contribution in [-0.4, -0.2) is 64.3 Å². The molecule has 2 rings (SSSR count). The van der Waals surface area contributed by atoms with Gasteiger partial charge in [0.2, 0.25) is 0 Å². The number of rotatable bonds is 2. The Morgan fingerprint density at radius 3 is 2.94 bits per heavy atom. The molecule has 0 aromatic rings. The van der Waals surface area contributed by atoms with Crippen LogP contribution in [0, 0.1) is 0 Å². The zero-order chi connectivity index (χ0) is 12.6. The minimum absolute atomic E-state index is 0.265. The Morgan fingerprint density at radius 2 is 2.35 bits per heavy atom. The second-order valence-corrected chi connectivity index (χ2v) is 4.25. The Bertz CT molecular complexity index is 336. The van der Waals surface area contributed by atoms with Gasteiger partial charge in [0, 0.05) is 19.7 Å². The third-order valence-electron chi connectivity index (χ3n) is 3.11. The zero-order valence-electron chi connectivity index (χ0n) is 9.56. The van der Waals surface area contributed by atoms with Crippen LogP contribution in [0.15, 0.2) is 12.3 Å². The lowest BCUT2D eigenvalue weighted by molar-refractivity contribution is -0.0576. The Labute approximate surface area is 99.0 Å². The lowest BCUT2D eigenvalue weighted by Crippen LogP contribution is -2.53. The Kier molecular flexibility index (Phi) is 3.34. The monoisotopic (exact) mass is 243 g/mol. The molecule has 2 amide bonds. The summed E-state index contributed by atoms with van der Waals surface area (Å²) < 4.78 is 5.40. The number of nitrogens with zero attached hydrogens (tertiary/aromatic N) is 2. The maximum Gasteiger partial charge on any atom is 0.327 e. The molecule has 0 aromatic heterocycles. The van der Waals surface area contributed by atoms with Crippen molar-refractivity contribution in [2.75, 3.05) is 13.7 Å². The van der Waals surface area contributed by atoms with E-state index in [2.05, 4.69) is 0 Å². The number of ether oxygens (including phenoxy) is 1. The normalized spacial score (nSPS) is 38.0. The van der Waals surface area contributed by atoms with Crippen molar-refractivity contribution in [1.82, 2.24) is 9.80 Å². The fourth-order valence-electron chi connectivity index (χ4n) is 1.95. The highest BCUT2D eigenvalue weighted by Crippen LogP contribution is 2.25. The quantitative estimate of drug-likeness (QED) is 0.555. The summed E-state index contributed by atoms with van der Waals surface area (Å²) in [6.07, 6.45) is 1.12. The second kappa shape index (κ2) is 4.61. The molecule has 7 nitrogen and oxygen atoms in total. The molecular formula is C10H17N3O4. The van der Waals surface area contributed by atoms with Crippen molar-refractivity contribution in [3.8, 4) is 0 Å². The van der Waals surface area contributed by atoms with E-state index in [1.165, 1.54) is 9.80 Å². The maximum atomic E-state index is 11.9. The van der Waals surface area contributed by atoms with Crippen LogP contribution in [-0.2, 0) is 4.74 Å². The Morgan fingerprint density at radius 1 is 1.65 bits per heavy atom. The van der Waals surface area contributed by atoms with Gasteiger partial charge in [0.25, 0.3) is 0 Å². The summed E-state index contributed by atoms with van der Waals surface area (Å²) >= 11 is 0. The van der Waals surface area contributed by atoms with Crippen LogP contribution in [0.2, 0.25) is 0 Å². The number of hydrogen-bond acceptors (Lipinski definition) is 5. The minimum Gasteiger partial charge on any atom is -0.394 e. The highest BCUT2D eigenvalue weighted by molar-refractivity contribution is 5.77. The highest BCUT2D eigenvalue weighted by Gasteiger charge is 2.40. The van der Waals surface area contributed by atoms with Crippen molar-refractivity contribution in [2.24, 2.45) is 5.73 Å². The number of amides is 2. The molecule has 4 unspecified atom stereocenters. The van der Waals surface area contributed by atoms with E-state index in [4.69, 9.17) is 15.6 Å². The van der Waals surface area contributed by atoms with Gasteiger partial charge in [-0.15, -0.1) is 0 Å². The van der Waals surface area contributed by atoms with Crippen LogP contribution in [0.3, 0.4) is 0 Å². The lowest BCUT2D eigenvalue weighted by Gasteiger charge is -2.35. The first-order valence-electron chi connectivity index (χ1n) is 5.48. The first-order chi connectivity index (χ1) is 8.04. The standard InChI is InChI=1S/C10H17N3O4/c1-12-8(11)2-3-13(10(12)16)9-4-6(15)7(5-14)17-9/h2-3,6-9,14-15H,4-5,11H2,1H3. The topological polar surface area (TPSA) is 99.3 Å². The maximum absolute atomic E-state index is 11.9. The van der Waals surface area contributed by atoms with E-state index in [0.29, 0.717) is 0 Å². The van der Waals surface area contributed by atoms with Crippen LogP contribution in [0.25, 0.3) is 0 Å². The van der Waals surface area contributed by atoms with Gasteiger partial charge in [-0.25, -0.2) is 4.79 Å². The summed E-state index contributed by atoms with van der Waals surface area (Å²) in [7, 11) is 1.60. The number of urea groups is 1. The van der Waals surface area contributed by atoms with E-state index >= 15 is 0 Å². The largest absolute Gasteiger partial charge is 0.394 e. The number of likely N-dealkylation sites (N-methyl/N-ethyl adjacent to an activating group) is 1. The number of hydrogen-bond donors (Lipinski definition) is 3. The van der Waals surface area contributed by atoms with Gasteiger partial charge < -0.3 is 25.6 Å². The molecule has 1 fully saturated rings. The molecular weight excluding hydrogens is 226 g/mol. The van der Waals surface area contributed by atoms with Gasteiger partial charge in [-0.1, -0.05) is 0 Å². The van der Waals surface area contributed by atoms with Gasteiger partial charge in [-0.2, -0.15) is 0 Å². The molecule has 0 spiro atoms. The van der Waals surface area contributed by atoms with E-state index in [1.54, 1.807) is 19.3 Å². The number of aliphatic hydroxyl groups excluding tert-OH is 2. The summed E-state index contributed by atoms with van der Waals surface area (Å²) in [5, 5.41) is 18.6. The van der Waals surface area contributed by atoms with E-state index in [0.717, 1.165) is 0 Å². The lowest BCUT2D eigenvalue weighted by atomic mass is 10.2. The van der Waals surface area contributed by atoms with Gasteiger partial charge in [0.15, 0.2) is 0 Å². The van der Waals surface area contributed by atoms with Crippen molar-refractivity contribution >= 4 is 6.03 Å². The predicted octanol–water partition coefficient (Wildman–Crippen LogP) is -1.38. The fraction of sp³-hybridized carbons (Fsp3) is 0.700. The van der Waals surface area contributed by atoms with Crippen molar-refractivity contribution in [3.63, 3.8) is 0 Å². The van der Waals surface area contributed by atoms with Gasteiger partial charge >= 0.3 is 6.03 Å². The first kappa shape index (κ1) is 12.3. The van der Waals surface area contributed by atoms with Gasteiger partial charge in [-0.3, -0.25) is 4.90 Å². The van der Waals surface area contributed by atoms with Crippen LogP contribution in [0.5, 0.6) is 0 Å². The summed E-state index contributed by atoms with van der Waals surface area (Å²) in [5.41, 5.74) is 5.67. The van der Waals surface area contributed by atoms with E-state index in [1.807, 2.05) is 0 Å². The summed E-state index contributed by atoms with van der Waals surface area (Å²) in [4.78, 5) is 14.7. The van der Waals surface area contributed by atoms with Crippen molar-refractivity contribution in [3.05, 3.63) is 12.3 Å². The molecule has 0 radical (unpaired) electrons. The summed E-state index contributed by atoms with van der Waals surface area (Å²) in [6, 6.07) is -0.282. The smallest absolute Gasteiger partial charge is 0.327 e. The molecule has 0 aliphatic carbocycles. The van der Waals surface area contributed by atoms with Gasteiger partial charge in [-0.05, 0) is 6.08 Å². The van der Waals surface area contributed by atoms with E-state index in [9.17, 15) is 9.90 Å². The van der Waals surface area contributed by atoms with Crippen LogP contribution >= 0.6 is 0 Å². The molecule has 17 heavy (non-hydrogen) atoms. The molecule has 2 aliphatic heterocycles. The van der Waals surface area contributed by atoms with Crippen LogP contribution < -0.4 is 5.73 Å². The number of carbonyl (C=O) groups is 1. The van der Waals surface area contributed by atoms with Gasteiger partial charge in [0.1, 0.15) is 18.5 Å². The zero-order valence-corrected chi connectivity index (χ0v) is 9.56. The molecule has 0 saturated carbocycles. The molecule has 96 valence electrons. The number of nitrogens with two attached hydrogens (primary N) is 1. The minimum atomic E-state index is -0.757. The molecule has 4 N–H and O–H groups in total. The molecule has 7 heteroatoms. The molecule has 2 aliphatic rings. The molecule has 1 saturated heterocycles. The van der Waals surface area contributed by atoms with Crippen molar-refractivity contribution in [2.45, 2.75) is 31.0 Å². The fourth-order valence-corrected chi connectivity index (χ4v) is 1.95. The van der Waals surface area contributed by atoms with Crippen molar-refractivity contribution < 1.29 is 19.7 Å². The highest BCUT2D eigenvalue weighted by atomic mass is 16.5. The molecule has 2 heterocycles. The molecule has 0 aromatic carbocycles. The third-order valence-corrected chi connectivity index (χ3v) is 3.11. The average Bonchev–Trinajstić information content (AvgIpc) is 2.67. The van der Waals surface area contributed by atoms with E-state index in [-0.39, 0.29) is 19.1 Å². The molecule has 0 bridgehead atoms.